The minimum atomic E-state index is -0.00317. The Morgan fingerprint density at radius 3 is 1.42 bits per heavy atom. The number of amides is 2. The molecule has 4 aromatic rings. The van der Waals surface area contributed by atoms with Crippen molar-refractivity contribution in [2.45, 2.75) is 51.4 Å². The van der Waals surface area contributed by atoms with Crippen LogP contribution < -0.4 is 10.6 Å². The zero-order valence-electron chi connectivity index (χ0n) is 19.9. The van der Waals surface area contributed by atoms with E-state index in [1.54, 1.807) is 24.8 Å². The van der Waals surface area contributed by atoms with Crippen LogP contribution in [-0.2, 0) is 9.59 Å². The van der Waals surface area contributed by atoms with E-state index in [1.165, 1.54) is 22.7 Å². The van der Waals surface area contributed by atoms with E-state index in [2.05, 4.69) is 30.6 Å². The summed E-state index contributed by atoms with van der Waals surface area (Å²) >= 11 is 2.85. The molecule has 2 amide bonds. The monoisotopic (exact) mass is 520 g/mol. The van der Waals surface area contributed by atoms with Gasteiger partial charge in [0.2, 0.25) is 11.8 Å². The van der Waals surface area contributed by atoms with Crippen molar-refractivity contribution in [2.75, 3.05) is 10.6 Å². The smallest absolute Gasteiger partial charge is 0.226 e. The summed E-state index contributed by atoms with van der Waals surface area (Å²) in [5.41, 5.74) is 3.65. The third-order valence-electron chi connectivity index (χ3n) is 5.51. The molecule has 0 unspecified atom stereocenters. The van der Waals surface area contributed by atoms with Crippen molar-refractivity contribution in [2.24, 2.45) is 0 Å². The molecule has 0 aliphatic heterocycles. The Hall–Kier alpha value is -3.50. The van der Waals surface area contributed by atoms with Gasteiger partial charge in [-0.3, -0.25) is 19.6 Å². The molecule has 0 saturated carbocycles. The minimum absolute atomic E-state index is 0.00317. The highest BCUT2D eigenvalue weighted by molar-refractivity contribution is 7.14. The number of carbonyl (C=O) groups is 2. The number of hydrogen-bond acceptors (Lipinski definition) is 8. The number of thiazole rings is 2. The summed E-state index contributed by atoms with van der Waals surface area (Å²) in [4.78, 5) is 41.4. The van der Waals surface area contributed by atoms with Gasteiger partial charge in [-0.15, -0.1) is 22.7 Å². The highest BCUT2D eigenvalue weighted by Gasteiger charge is 2.09. The number of nitrogens with zero attached hydrogens (tertiary/aromatic N) is 4. The van der Waals surface area contributed by atoms with Gasteiger partial charge in [0.1, 0.15) is 0 Å². The fraction of sp³-hybridized carbons (Fsp3) is 0.308. The number of hydrogen-bond donors (Lipinski definition) is 2. The maximum absolute atomic E-state index is 12.2. The standard InChI is InChI=1S/C26H28N6O2S2/c33-23(31-25-29-21(17-35-25)19-9-13-27-14-10-19)7-5-3-1-2-4-6-8-24(34)32-26-30-22(18-36-26)20-11-15-28-16-12-20/h9-18H,1-8H2,(H,29,31,33)(H,30,32,34). The van der Waals surface area contributed by atoms with Gasteiger partial charge in [-0.05, 0) is 37.1 Å². The van der Waals surface area contributed by atoms with Crippen LogP contribution in [0.3, 0.4) is 0 Å². The van der Waals surface area contributed by atoms with Crippen LogP contribution in [0.4, 0.5) is 10.3 Å². The van der Waals surface area contributed by atoms with Crippen LogP contribution in [0.2, 0.25) is 0 Å². The number of rotatable bonds is 13. The van der Waals surface area contributed by atoms with E-state index in [0.717, 1.165) is 61.0 Å². The van der Waals surface area contributed by atoms with Crippen molar-refractivity contribution in [1.82, 2.24) is 19.9 Å². The van der Waals surface area contributed by atoms with Crippen molar-refractivity contribution in [3.05, 3.63) is 59.8 Å². The van der Waals surface area contributed by atoms with Crippen LogP contribution in [0.1, 0.15) is 51.4 Å². The average molecular weight is 521 g/mol. The largest absolute Gasteiger partial charge is 0.302 e. The molecular weight excluding hydrogens is 492 g/mol. The van der Waals surface area contributed by atoms with Crippen molar-refractivity contribution in [3.63, 3.8) is 0 Å². The summed E-state index contributed by atoms with van der Waals surface area (Å²) in [6.45, 7) is 0. The first-order valence-electron chi connectivity index (χ1n) is 12.0. The Morgan fingerprint density at radius 1 is 0.611 bits per heavy atom. The van der Waals surface area contributed by atoms with Crippen LogP contribution in [0.5, 0.6) is 0 Å². The van der Waals surface area contributed by atoms with E-state index in [9.17, 15) is 9.59 Å². The van der Waals surface area contributed by atoms with E-state index in [4.69, 9.17) is 0 Å². The highest BCUT2D eigenvalue weighted by atomic mass is 32.1. The van der Waals surface area contributed by atoms with Gasteiger partial charge in [-0.2, -0.15) is 0 Å². The predicted molar refractivity (Wildman–Crippen MR) is 145 cm³/mol. The molecule has 0 aliphatic rings. The van der Waals surface area contributed by atoms with Gasteiger partial charge >= 0.3 is 0 Å². The summed E-state index contributed by atoms with van der Waals surface area (Å²) in [6.07, 6.45) is 13.7. The van der Waals surface area contributed by atoms with E-state index < -0.39 is 0 Å². The third-order valence-corrected chi connectivity index (χ3v) is 7.03. The van der Waals surface area contributed by atoms with Crippen LogP contribution in [0.15, 0.2) is 59.8 Å². The molecule has 8 nitrogen and oxygen atoms in total. The molecule has 0 radical (unpaired) electrons. The number of unbranched alkanes of at least 4 members (excludes halogenated alkanes) is 5. The molecule has 0 spiro atoms. The topological polar surface area (TPSA) is 110 Å². The molecule has 0 fully saturated rings. The van der Waals surface area contributed by atoms with Crippen molar-refractivity contribution < 1.29 is 9.59 Å². The number of pyridine rings is 2. The number of anilines is 2. The molecule has 4 heterocycles. The van der Waals surface area contributed by atoms with E-state index in [0.29, 0.717) is 23.1 Å². The maximum Gasteiger partial charge on any atom is 0.226 e. The number of carbonyl (C=O) groups excluding carboxylic acids is 2. The molecule has 4 rings (SSSR count). The molecule has 186 valence electrons. The van der Waals surface area contributed by atoms with Crippen LogP contribution in [0.25, 0.3) is 22.5 Å². The molecule has 0 aromatic carbocycles. The van der Waals surface area contributed by atoms with E-state index in [1.807, 2.05) is 35.0 Å². The fourth-order valence-electron chi connectivity index (χ4n) is 3.61. The highest BCUT2D eigenvalue weighted by Crippen LogP contribution is 2.25. The van der Waals surface area contributed by atoms with Crippen molar-refractivity contribution in [1.29, 1.82) is 0 Å². The van der Waals surface area contributed by atoms with Crippen LogP contribution >= 0.6 is 22.7 Å². The maximum atomic E-state index is 12.2. The Kier molecular flexibility index (Phi) is 9.63. The zero-order valence-corrected chi connectivity index (χ0v) is 21.5. The van der Waals surface area contributed by atoms with Crippen molar-refractivity contribution in [3.8, 4) is 22.5 Å². The lowest BCUT2D eigenvalue weighted by atomic mass is 10.1. The molecule has 0 aliphatic carbocycles. The molecule has 2 N–H and O–H groups in total. The average Bonchev–Trinajstić information content (AvgIpc) is 3.56. The Bertz CT molecular complexity index is 1150. The van der Waals surface area contributed by atoms with Gasteiger partial charge in [0, 0.05) is 59.5 Å². The predicted octanol–water partition coefficient (Wildman–Crippen LogP) is 6.42. The van der Waals surface area contributed by atoms with Crippen molar-refractivity contribution >= 4 is 44.8 Å². The zero-order chi connectivity index (χ0) is 25.0. The minimum Gasteiger partial charge on any atom is -0.302 e. The summed E-state index contributed by atoms with van der Waals surface area (Å²) in [6, 6.07) is 7.59. The van der Waals surface area contributed by atoms with Crippen LogP contribution in [-0.4, -0.2) is 31.8 Å². The Balaban J connectivity index is 1.03. The summed E-state index contributed by atoms with van der Waals surface area (Å²) in [7, 11) is 0. The molecule has 0 atom stereocenters. The Labute approximate surface area is 218 Å². The first kappa shape index (κ1) is 25.6. The van der Waals surface area contributed by atoms with Gasteiger partial charge in [0.05, 0.1) is 11.4 Å². The Morgan fingerprint density at radius 2 is 1.00 bits per heavy atom. The van der Waals surface area contributed by atoms with Gasteiger partial charge in [0.15, 0.2) is 10.3 Å². The second kappa shape index (κ2) is 13.6. The summed E-state index contributed by atoms with van der Waals surface area (Å²) < 4.78 is 0. The fourth-order valence-corrected chi connectivity index (χ4v) is 5.09. The molecule has 36 heavy (non-hydrogen) atoms. The van der Waals surface area contributed by atoms with Gasteiger partial charge < -0.3 is 10.6 Å². The van der Waals surface area contributed by atoms with E-state index >= 15 is 0 Å². The quantitative estimate of drug-likeness (QED) is 0.197. The first-order chi connectivity index (χ1) is 17.7. The molecule has 10 heteroatoms. The third kappa shape index (κ3) is 8.03. The second-order valence-electron chi connectivity index (χ2n) is 8.27. The van der Waals surface area contributed by atoms with Gasteiger partial charge in [-0.25, -0.2) is 9.97 Å². The first-order valence-corrected chi connectivity index (χ1v) is 13.7. The molecule has 4 aromatic heterocycles. The van der Waals surface area contributed by atoms with E-state index in [-0.39, 0.29) is 11.8 Å². The van der Waals surface area contributed by atoms with Crippen LogP contribution in [0, 0.1) is 0 Å². The normalized spacial score (nSPS) is 10.8. The number of nitrogens with one attached hydrogen (secondary N) is 2. The lowest BCUT2D eigenvalue weighted by Crippen LogP contribution is -2.11. The number of aromatic nitrogens is 4. The lowest BCUT2D eigenvalue weighted by Gasteiger charge is -2.04. The van der Waals surface area contributed by atoms with Gasteiger partial charge in [0.25, 0.3) is 0 Å². The van der Waals surface area contributed by atoms with Gasteiger partial charge in [-0.1, -0.05) is 25.7 Å². The lowest BCUT2D eigenvalue weighted by molar-refractivity contribution is -0.117. The molecule has 0 bridgehead atoms. The molecular formula is C26H28N6O2S2. The molecule has 0 saturated heterocycles. The summed E-state index contributed by atoms with van der Waals surface area (Å²) in [5, 5.41) is 10.9. The SMILES string of the molecule is O=C(CCCCCCCCC(=O)Nc1nc(-c2ccncc2)cs1)Nc1nc(-c2ccncc2)cs1. The second-order valence-corrected chi connectivity index (χ2v) is 9.98. The summed E-state index contributed by atoms with van der Waals surface area (Å²) in [5.74, 6) is -0.00634.